The van der Waals surface area contributed by atoms with Gasteiger partial charge in [0, 0.05) is 18.7 Å². The first-order valence-electron chi connectivity index (χ1n) is 8.84. The molecule has 0 aliphatic heterocycles. The molecule has 0 heterocycles. The molecule has 2 rings (SSSR count). The van der Waals surface area contributed by atoms with Crippen molar-refractivity contribution in [1.82, 2.24) is 4.31 Å². The molecule has 0 amide bonds. The zero-order valence-corrected chi connectivity index (χ0v) is 16.9. The molecule has 28 heavy (non-hydrogen) atoms. The number of ether oxygens (including phenoxy) is 1. The van der Waals surface area contributed by atoms with Gasteiger partial charge >= 0.3 is 5.97 Å². The summed E-state index contributed by atoms with van der Waals surface area (Å²) < 4.78 is 31.0. The second kappa shape index (κ2) is 9.43. The van der Waals surface area contributed by atoms with Gasteiger partial charge in [-0.1, -0.05) is 32.1 Å². The number of methoxy groups -OCH3 is 1. The monoisotopic (exact) mass is 401 g/mol. The molecule has 0 spiro atoms. The lowest BCUT2D eigenvalue weighted by atomic mass is 10.1. The van der Waals surface area contributed by atoms with E-state index in [0.29, 0.717) is 24.2 Å². The van der Waals surface area contributed by atoms with Crippen molar-refractivity contribution in [3.8, 4) is 0 Å². The van der Waals surface area contributed by atoms with Crippen molar-refractivity contribution in [2.24, 2.45) is 0 Å². The van der Waals surface area contributed by atoms with Gasteiger partial charge in [0.15, 0.2) is 5.78 Å². The van der Waals surface area contributed by atoms with Crippen LogP contribution >= 0.6 is 0 Å². The fraction of sp³-hybridized carbons (Fsp3) is 0.238. The van der Waals surface area contributed by atoms with Crippen molar-refractivity contribution in [3.05, 3.63) is 71.3 Å². The number of allylic oxidation sites excluding steroid dienone is 1. The van der Waals surface area contributed by atoms with Crippen LogP contribution in [0.1, 0.15) is 40.1 Å². The van der Waals surface area contributed by atoms with Gasteiger partial charge in [-0.05, 0) is 48.0 Å². The molecule has 0 N–H and O–H groups in total. The molecule has 2 aromatic rings. The summed E-state index contributed by atoms with van der Waals surface area (Å²) in [6, 6.07) is 12.5. The molecule has 0 saturated heterocycles. The van der Waals surface area contributed by atoms with E-state index in [4.69, 9.17) is 0 Å². The lowest BCUT2D eigenvalue weighted by molar-refractivity contribution is 0.0600. The Kier molecular flexibility index (Phi) is 7.25. The Morgan fingerprint density at radius 2 is 1.46 bits per heavy atom. The Labute approximate surface area is 165 Å². The zero-order valence-electron chi connectivity index (χ0n) is 16.1. The average molecular weight is 401 g/mol. The molecule has 0 bridgehead atoms. The number of hydrogen-bond acceptors (Lipinski definition) is 5. The van der Waals surface area contributed by atoms with Crippen LogP contribution in [0.25, 0.3) is 6.08 Å². The highest BCUT2D eigenvalue weighted by molar-refractivity contribution is 7.89. The van der Waals surface area contributed by atoms with E-state index in [1.54, 1.807) is 44.2 Å². The molecule has 2 aromatic carbocycles. The van der Waals surface area contributed by atoms with Crippen molar-refractivity contribution in [3.63, 3.8) is 0 Å². The number of benzene rings is 2. The van der Waals surface area contributed by atoms with Crippen LogP contribution in [-0.2, 0) is 14.8 Å². The normalized spacial score (nSPS) is 11.7. The average Bonchev–Trinajstić information content (AvgIpc) is 2.72. The summed E-state index contributed by atoms with van der Waals surface area (Å²) in [6.45, 7) is 4.33. The Balaban J connectivity index is 2.13. The zero-order chi connectivity index (χ0) is 20.7. The highest BCUT2D eigenvalue weighted by Crippen LogP contribution is 2.17. The van der Waals surface area contributed by atoms with Crippen molar-refractivity contribution in [1.29, 1.82) is 0 Å². The van der Waals surface area contributed by atoms with Gasteiger partial charge in [0.2, 0.25) is 10.0 Å². The summed E-state index contributed by atoms with van der Waals surface area (Å²) in [5.74, 6) is -0.671. The minimum absolute atomic E-state index is 0.162. The molecule has 0 aliphatic carbocycles. The van der Waals surface area contributed by atoms with Crippen LogP contribution in [0.5, 0.6) is 0 Å². The second-order valence-corrected chi connectivity index (χ2v) is 7.86. The largest absolute Gasteiger partial charge is 0.465 e. The molecule has 0 fully saturated rings. The van der Waals surface area contributed by atoms with Crippen molar-refractivity contribution in [2.45, 2.75) is 18.7 Å². The van der Waals surface area contributed by atoms with Crippen LogP contribution in [0.2, 0.25) is 0 Å². The lowest BCUT2D eigenvalue weighted by Gasteiger charge is -2.18. The molecular formula is C21H23NO5S. The summed E-state index contributed by atoms with van der Waals surface area (Å²) in [5, 5.41) is 0. The number of hydrogen-bond donors (Lipinski definition) is 0. The third-order valence-electron chi connectivity index (χ3n) is 4.24. The maximum absolute atomic E-state index is 12.5. The van der Waals surface area contributed by atoms with E-state index < -0.39 is 16.0 Å². The second-order valence-electron chi connectivity index (χ2n) is 5.92. The maximum atomic E-state index is 12.5. The summed E-state index contributed by atoms with van der Waals surface area (Å²) in [6.07, 6.45) is 3.03. The van der Waals surface area contributed by atoms with E-state index in [2.05, 4.69) is 4.74 Å². The smallest absolute Gasteiger partial charge is 0.337 e. The first-order valence-corrected chi connectivity index (χ1v) is 10.3. The van der Waals surface area contributed by atoms with Crippen molar-refractivity contribution in [2.75, 3.05) is 20.2 Å². The molecule has 0 radical (unpaired) electrons. The Bertz CT molecular complexity index is 957. The minimum Gasteiger partial charge on any atom is -0.465 e. The molecule has 0 aromatic heterocycles. The summed E-state index contributed by atoms with van der Waals surface area (Å²) in [7, 11) is -2.23. The van der Waals surface area contributed by atoms with Gasteiger partial charge in [-0.3, -0.25) is 4.79 Å². The van der Waals surface area contributed by atoms with Gasteiger partial charge in [0.05, 0.1) is 17.6 Å². The van der Waals surface area contributed by atoms with Crippen molar-refractivity contribution >= 4 is 27.9 Å². The Hall–Kier alpha value is -2.77. The van der Waals surface area contributed by atoms with E-state index in [1.807, 2.05) is 0 Å². The standard InChI is InChI=1S/C21H23NO5S/c1-4-22(5-2)28(25,26)19-13-11-17(12-14-19)20(23)15-8-16-6-9-18(10-7-16)21(24)27-3/h6-15H,4-5H2,1-3H3/b15-8+. The molecule has 0 atom stereocenters. The fourth-order valence-electron chi connectivity index (χ4n) is 2.62. The third kappa shape index (κ3) is 4.94. The topological polar surface area (TPSA) is 80.8 Å². The summed E-state index contributed by atoms with van der Waals surface area (Å²) in [4.78, 5) is 23.9. The third-order valence-corrected chi connectivity index (χ3v) is 6.31. The van der Waals surface area contributed by atoms with Gasteiger partial charge in [-0.25, -0.2) is 13.2 Å². The molecule has 0 unspecified atom stereocenters. The van der Waals surface area contributed by atoms with Crippen LogP contribution in [0.3, 0.4) is 0 Å². The van der Waals surface area contributed by atoms with E-state index in [9.17, 15) is 18.0 Å². The number of ketones is 1. The molecule has 0 saturated carbocycles. The van der Waals surface area contributed by atoms with E-state index in [1.165, 1.54) is 41.8 Å². The Morgan fingerprint density at radius 3 is 1.96 bits per heavy atom. The molecule has 6 nitrogen and oxygen atoms in total. The van der Waals surface area contributed by atoms with Gasteiger partial charge in [0.25, 0.3) is 0 Å². The molecule has 0 aliphatic rings. The Morgan fingerprint density at radius 1 is 0.929 bits per heavy atom. The van der Waals surface area contributed by atoms with E-state index in [-0.39, 0.29) is 10.7 Å². The predicted molar refractivity (Wildman–Crippen MR) is 108 cm³/mol. The predicted octanol–water partition coefficient (Wildman–Crippen LogP) is 3.40. The van der Waals surface area contributed by atoms with Gasteiger partial charge in [0.1, 0.15) is 0 Å². The van der Waals surface area contributed by atoms with Gasteiger partial charge < -0.3 is 4.74 Å². The SMILES string of the molecule is CCN(CC)S(=O)(=O)c1ccc(C(=O)/C=C/c2ccc(C(=O)OC)cc2)cc1. The van der Waals surface area contributed by atoms with Crippen LogP contribution in [0, 0.1) is 0 Å². The molecule has 148 valence electrons. The number of sulfonamides is 1. The molecule has 7 heteroatoms. The number of carbonyl (C=O) groups is 2. The van der Waals surface area contributed by atoms with Gasteiger partial charge in [-0.15, -0.1) is 0 Å². The first-order chi connectivity index (χ1) is 13.3. The first kappa shape index (κ1) is 21.5. The van der Waals surface area contributed by atoms with Crippen LogP contribution < -0.4 is 0 Å². The maximum Gasteiger partial charge on any atom is 0.337 e. The van der Waals surface area contributed by atoms with Crippen LogP contribution in [0.15, 0.2) is 59.5 Å². The lowest BCUT2D eigenvalue weighted by Crippen LogP contribution is -2.30. The number of esters is 1. The van der Waals surface area contributed by atoms with Gasteiger partial charge in [-0.2, -0.15) is 4.31 Å². The molecular weight excluding hydrogens is 378 g/mol. The minimum atomic E-state index is -3.55. The summed E-state index contributed by atoms with van der Waals surface area (Å²) in [5.41, 5.74) is 1.57. The highest BCUT2D eigenvalue weighted by atomic mass is 32.2. The number of nitrogens with zero attached hydrogens (tertiary/aromatic N) is 1. The van der Waals surface area contributed by atoms with Crippen LogP contribution in [0.4, 0.5) is 0 Å². The highest BCUT2D eigenvalue weighted by Gasteiger charge is 2.21. The van der Waals surface area contributed by atoms with Crippen molar-refractivity contribution < 1.29 is 22.7 Å². The quantitative estimate of drug-likeness (QED) is 0.385. The fourth-order valence-corrected chi connectivity index (χ4v) is 4.08. The van der Waals surface area contributed by atoms with Crippen LogP contribution in [-0.4, -0.2) is 44.7 Å². The summed E-state index contributed by atoms with van der Waals surface area (Å²) >= 11 is 0. The number of carbonyl (C=O) groups excluding carboxylic acids is 2. The van der Waals surface area contributed by atoms with E-state index in [0.717, 1.165) is 5.56 Å². The number of rotatable bonds is 8. The van der Waals surface area contributed by atoms with E-state index >= 15 is 0 Å².